The Balaban J connectivity index is 0.00000451. The van der Waals surface area contributed by atoms with Gasteiger partial charge in [0, 0.05) is 37.5 Å². The Morgan fingerprint density at radius 3 is 1.85 bits per heavy atom. The minimum absolute atomic E-state index is 0. The van der Waals surface area contributed by atoms with Crippen molar-refractivity contribution in [3.8, 4) is 38.6 Å². The Labute approximate surface area is 305 Å². The molecular weight excluding hydrogens is 788 g/mol. The molecule has 252 valence electrons. The van der Waals surface area contributed by atoms with Crippen molar-refractivity contribution in [2.24, 2.45) is 0 Å². The first-order valence-electron chi connectivity index (χ1n) is 16.7. The molecule has 6 rings (SSSR count). The van der Waals surface area contributed by atoms with Gasteiger partial charge in [-0.2, -0.15) is 0 Å². The molecule has 0 saturated heterocycles. The van der Waals surface area contributed by atoms with Crippen LogP contribution in [0, 0.1) is 6.07 Å². The van der Waals surface area contributed by atoms with Crippen LogP contribution in [0.1, 0.15) is 104 Å². The van der Waals surface area contributed by atoms with Gasteiger partial charge in [-0.25, -0.2) is 4.98 Å². The maximum absolute atomic E-state index is 11.0. The van der Waals surface area contributed by atoms with Gasteiger partial charge in [0.25, 0.3) is 0 Å². The van der Waals surface area contributed by atoms with E-state index >= 15 is 0 Å². The monoisotopic (exact) mass is 834 g/mol. The number of nitrogens with zero attached hydrogens (tertiary/aromatic N) is 2. The van der Waals surface area contributed by atoms with Crippen molar-refractivity contribution >= 4 is 32.5 Å². The molecule has 0 saturated carbocycles. The van der Waals surface area contributed by atoms with Crippen LogP contribution in [-0.4, -0.2) is 15.1 Å². The van der Waals surface area contributed by atoms with E-state index in [9.17, 15) is 5.11 Å². The van der Waals surface area contributed by atoms with Gasteiger partial charge in [0.15, 0.2) is 0 Å². The Morgan fingerprint density at radius 1 is 0.667 bits per heavy atom. The Hall–Kier alpha value is -3.33. The molecule has 0 amide bonds. The minimum atomic E-state index is -0.0926. The fourth-order valence-corrected chi connectivity index (χ4v) is 7.07. The third kappa shape index (κ3) is 7.03. The normalized spacial score (nSPS) is 12.6. The van der Waals surface area contributed by atoms with Gasteiger partial charge in [-0.1, -0.05) is 123 Å². The molecule has 4 aromatic carbocycles. The summed E-state index contributed by atoms with van der Waals surface area (Å²) in [5.74, 6) is 0.590. The quantitative estimate of drug-likeness (QED) is 0.180. The van der Waals surface area contributed by atoms with Gasteiger partial charge in [-0.3, -0.25) is 4.98 Å². The average molecular weight is 835 g/mol. The first-order valence-corrected chi connectivity index (χ1v) is 17.5. The molecule has 2 heterocycles. The molecule has 0 aliphatic carbocycles. The Morgan fingerprint density at radius 2 is 1.25 bits per heavy atom. The molecule has 0 atom stereocenters. The van der Waals surface area contributed by atoms with Crippen LogP contribution in [0.5, 0.6) is 5.75 Å². The average Bonchev–Trinajstić information content (AvgIpc) is 3.42. The summed E-state index contributed by atoms with van der Waals surface area (Å²) in [4.78, 5) is 10.1. The van der Waals surface area contributed by atoms with Crippen LogP contribution in [0.2, 0.25) is 0 Å². The largest absolute Gasteiger partial charge is 0.507 e. The first kappa shape index (κ1) is 36.0. The van der Waals surface area contributed by atoms with Crippen molar-refractivity contribution in [2.75, 3.05) is 0 Å². The van der Waals surface area contributed by atoms with Crippen molar-refractivity contribution in [2.45, 2.75) is 98.3 Å². The number of thiazole rings is 1. The zero-order valence-corrected chi connectivity index (χ0v) is 33.2. The summed E-state index contributed by atoms with van der Waals surface area (Å²) in [5, 5.41) is 13.0. The second-order valence-electron chi connectivity index (χ2n) is 16.4. The number of phenols is 1. The maximum Gasteiger partial charge on any atom is 0.127 e. The van der Waals surface area contributed by atoms with Crippen molar-refractivity contribution in [1.82, 2.24) is 9.97 Å². The molecule has 6 aromatic rings. The van der Waals surface area contributed by atoms with Gasteiger partial charge in [0.2, 0.25) is 0 Å². The molecule has 48 heavy (non-hydrogen) atoms. The van der Waals surface area contributed by atoms with Crippen LogP contribution < -0.4 is 0 Å². The second kappa shape index (κ2) is 12.8. The number of hydrogen-bond acceptors (Lipinski definition) is 4. The third-order valence-corrected chi connectivity index (χ3v) is 10.2. The van der Waals surface area contributed by atoms with Gasteiger partial charge in [-0.05, 0) is 62.9 Å². The Kier molecular flexibility index (Phi) is 9.62. The van der Waals surface area contributed by atoms with Gasteiger partial charge in [0.1, 0.15) is 10.8 Å². The van der Waals surface area contributed by atoms with Gasteiger partial charge >= 0.3 is 0 Å². The molecule has 2 aromatic heterocycles. The van der Waals surface area contributed by atoms with E-state index in [1.54, 1.807) is 17.4 Å². The van der Waals surface area contributed by atoms with Crippen LogP contribution in [0.3, 0.4) is 0 Å². The summed E-state index contributed by atoms with van der Waals surface area (Å²) in [6, 6.07) is 27.7. The number of aromatic hydroxyl groups is 1. The van der Waals surface area contributed by atoms with E-state index < -0.39 is 0 Å². The number of aromatic nitrogens is 2. The second-order valence-corrected chi connectivity index (χ2v) is 17.4. The van der Waals surface area contributed by atoms with E-state index in [0.717, 1.165) is 53.9 Å². The first-order chi connectivity index (χ1) is 21.9. The summed E-state index contributed by atoms with van der Waals surface area (Å²) in [6.07, 6.45) is 1.88. The molecule has 1 N–H and O–H groups in total. The SMILES string of the molecule is CC(C)c1cc(-c2[c-]c(-c3cc(C(C)(C)C)cc4cccnc34)cc(C(C)(C)C)c2)c2nc(-c3cc(C(C)(C)C)ccc3O)sc2c1.[Pt]. The fourth-order valence-electron chi connectivity index (χ4n) is 6.00. The summed E-state index contributed by atoms with van der Waals surface area (Å²) < 4.78 is 1.11. The molecule has 0 fully saturated rings. The van der Waals surface area contributed by atoms with E-state index in [1.165, 1.54) is 22.3 Å². The predicted molar refractivity (Wildman–Crippen MR) is 202 cm³/mol. The molecule has 0 aliphatic rings. The van der Waals surface area contributed by atoms with Crippen LogP contribution in [0.25, 0.3) is 53.9 Å². The van der Waals surface area contributed by atoms with Crippen molar-refractivity contribution < 1.29 is 26.2 Å². The number of benzene rings is 4. The van der Waals surface area contributed by atoms with Crippen LogP contribution in [0.15, 0.2) is 72.9 Å². The van der Waals surface area contributed by atoms with Crippen LogP contribution in [0.4, 0.5) is 0 Å². The maximum atomic E-state index is 11.0. The van der Waals surface area contributed by atoms with Crippen LogP contribution >= 0.6 is 11.3 Å². The van der Waals surface area contributed by atoms with Crippen LogP contribution in [-0.2, 0) is 37.3 Å². The molecule has 0 radical (unpaired) electrons. The zero-order valence-electron chi connectivity index (χ0n) is 30.1. The Bertz CT molecular complexity index is 2140. The zero-order chi connectivity index (χ0) is 34.1. The summed E-state index contributed by atoms with van der Waals surface area (Å²) in [7, 11) is 0. The van der Waals surface area contributed by atoms with E-state index in [-0.39, 0.29) is 43.1 Å². The molecular formula is C43H47N2OPtS-. The summed E-state index contributed by atoms with van der Waals surface area (Å²) in [5.41, 5.74) is 11.7. The van der Waals surface area contributed by atoms with E-state index in [4.69, 9.17) is 9.97 Å². The van der Waals surface area contributed by atoms with E-state index in [1.807, 2.05) is 18.3 Å². The van der Waals surface area contributed by atoms with Crippen molar-refractivity contribution in [3.05, 3.63) is 101 Å². The number of pyridine rings is 1. The minimum Gasteiger partial charge on any atom is -0.507 e. The van der Waals surface area contributed by atoms with E-state index in [2.05, 4.69) is 131 Å². The van der Waals surface area contributed by atoms with Gasteiger partial charge in [0.05, 0.1) is 11.1 Å². The number of hydrogen-bond donors (Lipinski definition) is 1. The van der Waals surface area contributed by atoms with Gasteiger partial charge in [-0.15, -0.1) is 46.2 Å². The van der Waals surface area contributed by atoms with Gasteiger partial charge < -0.3 is 5.11 Å². The number of phenolic OH excluding ortho intramolecular Hbond substituents is 1. The summed E-state index contributed by atoms with van der Waals surface area (Å²) in [6.45, 7) is 24.6. The topological polar surface area (TPSA) is 46.0 Å². The predicted octanol–water partition coefficient (Wildman–Crippen LogP) is 12.4. The molecule has 0 unspecified atom stereocenters. The van der Waals surface area contributed by atoms with Crippen molar-refractivity contribution in [3.63, 3.8) is 0 Å². The molecule has 0 aliphatic heterocycles. The van der Waals surface area contributed by atoms with Crippen molar-refractivity contribution in [1.29, 1.82) is 0 Å². The molecule has 3 nitrogen and oxygen atoms in total. The smallest absolute Gasteiger partial charge is 0.127 e. The third-order valence-electron chi connectivity index (χ3n) is 9.16. The standard InChI is InChI=1S/C43H47N2OS.Pt/c1-25(2)27-21-33(39-37(22-27)47-40(45-39)35-23-30(41(3,4)5)14-15-36(35)46)28-17-29(20-31(19-28)42(6,7)8)34-24-32(43(9,10)11)18-26-13-12-16-44-38(26)34;/h12-16,18-25,46H,1-11H3;/q-1;. The number of rotatable bonds is 4. The molecule has 5 heteroatoms. The molecule has 0 bridgehead atoms. The fraction of sp³-hybridized carbons (Fsp3) is 0.349. The molecule has 0 spiro atoms. The number of fused-ring (bicyclic) bond motifs is 2. The summed E-state index contributed by atoms with van der Waals surface area (Å²) >= 11 is 1.65. The van der Waals surface area contributed by atoms with E-state index in [0.29, 0.717) is 5.92 Å².